The Balaban J connectivity index is 1.51. The van der Waals surface area contributed by atoms with Gasteiger partial charge in [-0.05, 0) is 18.6 Å². The number of rotatable bonds is 5. The number of aromatic nitrogens is 4. The molecule has 3 aromatic rings. The Morgan fingerprint density at radius 2 is 2.13 bits per heavy atom. The standard InChI is InChI=1S/C20H21ClN6O2S/c1-25(2)20(29)14-10-15(21)18-16(11-14)30-19(23-18)13-4-3-7-26(12-13)17(28)5-8-27-9-6-22-24-27/h4,6,9-11H,3,5,7-8,12H2,1-2H3. The number of benzene rings is 1. The third kappa shape index (κ3) is 4.22. The van der Waals surface area contributed by atoms with E-state index in [1.54, 1.807) is 37.2 Å². The number of thiazole rings is 1. The molecule has 0 aliphatic carbocycles. The van der Waals surface area contributed by atoms with Gasteiger partial charge >= 0.3 is 0 Å². The number of halogens is 1. The number of hydrogen-bond acceptors (Lipinski definition) is 6. The van der Waals surface area contributed by atoms with E-state index in [-0.39, 0.29) is 11.8 Å². The van der Waals surface area contributed by atoms with E-state index in [0.717, 1.165) is 21.7 Å². The number of aryl methyl sites for hydroxylation is 1. The van der Waals surface area contributed by atoms with Crippen molar-refractivity contribution in [3.05, 3.63) is 46.2 Å². The summed E-state index contributed by atoms with van der Waals surface area (Å²) >= 11 is 7.90. The lowest BCUT2D eigenvalue weighted by molar-refractivity contribution is -0.131. The number of carbonyl (C=O) groups is 2. The first-order chi connectivity index (χ1) is 14.4. The van der Waals surface area contributed by atoms with Crippen LogP contribution in [0.2, 0.25) is 5.02 Å². The summed E-state index contributed by atoms with van der Waals surface area (Å²) in [6.07, 6.45) is 6.62. The van der Waals surface area contributed by atoms with Crippen LogP contribution in [0.3, 0.4) is 0 Å². The number of hydrogen-bond donors (Lipinski definition) is 0. The molecule has 1 aliphatic heterocycles. The fraction of sp³-hybridized carbons (Fsp3) is 0.350. The Hall–Kier alpha value is -2.78. The number of nitrogens with zero attached hydrogens (tertiary/aromatic N) is 6. The van der Waals surface area contributed by atoms with Crippen molar-refractivity contribution < 1.29 is 9.59 Å². The molecule has 30 heavy (non-hydrogen) atoms. The highest BCUT2D eigenvalue weighted by Crippen LogP contribution is 2.34. The highest BCUT2D eigenvalue weighted by molar-refractivity contribution is 7.19. The summed E-state index contributed by atoms with van der Waals surface area (Å²) in [5.41, 5.74) is 2.23. The summed E-state index contributed by atoms with van der Waals surface area (Å²) < 4.78 is 2.51. The molecule has 2 aromatic heterocycles. The van der Waals surface area contributed by atoms with E-state index < -0.39 is 0 Å². The minimum absolute atomic E-state index is 0.0779. The van der Waals surface area contributed by atoms with Crippen molar-refractivity contribution in [2.24, 2.45) is 0 Å². The second kappa shape index (κ2) is 8.53. The Morgan fingerprint density at radius 3 is 2.87 bits per heavy atom. The fourth-order valence-electron chi connectivity index (χ4n) is 3.34. The van der Waals surface area contributed by atoms with E-state index in [9.17, 15) is 9.59 Å². The summed E-state index contributed by atoms with van der Waals surface area (Å²) in [4.78, 5) is 33.0. The van der Waals surface area contributed by atoms with Crippen molar-refractivity contribution >= 4 is 50.5 Å². The van der Waals surface area contributed by atoms with Crippen LogP contribution in [0.1, 0.15) is 28.2 Å². The van der Waals surface area contributed by atoms with Crippen LogP contribution < -0.4 is 0 Å². The lowest BCUT2D eigenvalue weighted by Gasteiger charge is -2.26. The molecule has 0 spiro atoms. The molecule has 2 amide bonds. The van der Waals surface area contributed by atoms with Crippen LogP contribution >= 0.6 is 22.9 Å². The second-order valence-corrected chi connectivity index (χ2v) is 8.71. The minimum Gasteiger partial charge on any atom is -0.345 e. The molecular weight excluding hydrogens is 424 g/mol. The summed E-state index contributed by atoms with van der Waals surface area (Å²) in [5.74, 6) is -0.0242. The summed E-state index contributed by atoms with van der Waals surface area (Å²) in [6, 6.07) is 3.49. The Labute approximate surface area is 182 Å². The van der Waals surface area contributed by atoms with Gasteiger partial charge in [0.1, 0.15) is 10.5 Å². The number of fused-ring (bicyclic) bond motifs is 1. The molecule has 1 aliphatic rings. The lowest BCUT2D eigenvalue weighted by atomic mass is 10.1. The zero-order valence-corrected chi connectivity index (χ0v) is 18.3. The maximum Gasteiger partial charge on any atom is 0.253 e. The van der Waals surface area contributed by atoms with Gasteiger partial charge in [-0.25, -0.2) is 4.98 Å². The van der Waals surface area contributed by atoms with Crippen molar-refractivity contribution in [2.75, 3.05) is 27.2 Å². The second-order valence-electron chi connectivity index (χ2n) is 7.27. The van der Waals surface area contributed by atoms with Gasteiger partial charge in [0.25, 0.3) is 5.91 Å². The molecule has 10 heteroatoms. The molecule has 0 N–H and O–H groups in total. The maximum absolute atomic E-state index is 12.6. The fourth-order valence-corrected chi connectivity index (χ4v) is 4.72. The van der Waals surface area contributed by atoms with Crippen molar-refractivity contribution in [3.8, 4) is 0 Å². The molecule has 3 heterocycles. The van der Waals surface area contributed by atoms with Crippen molar-refractivity contribution in [3.63, 3.8) is 0 Å². The predicted octanol–water partition coefficient (Wildman–Crippen LogP) is 2.95. The van der Waals surface area contributed by atoms with E-state index in [0.29, 0.717) is 42.2 Å². The zero-order valence-electron chi connectivity index (χ0n) is 16.7. The number of amides is 2. The van der Waals surface area contributed by atoms with Gasteiger partial charge in [-0.1, -0.05) is 22.9 Å². The van der Waals surface area contributed by atoms with Crippen LogP contribution in [0.15, 0.2) is 30.6 Å². The van der Waals surface area contributed by atoms with Gasteiger partial charge < -0.3 is 9.80 Å². The topological polar surface area (TPSA) is 84.2 Å². The van der Waals surface area contributed by atoms with Crippen LogP contribution in [0, 0.1) is 0 Å². The van der Waals surface area contributed by atoms with E-state index >= 15 is 0 Å². The van der Waals surface area contributed by atoms with Gasteiger partial charge in [0, 0.05) is 50.9 Å². The molecule has 0 radical (unpaired) electrons. The summed E-state index contributed by atoms with van der Waals surface area (Å²) in [6.45, 7) is 1.71. The largest absolute Gasteiger partial charge is 0.345 e. The minimum atomic E-state index is -0.102. The smallest absolute Gasteiger partial charge is 0.253 e. The van der Waals surface area contributed by atoms with E-state index in [4.69, 9.17) is 16.6 Å². The highest BCUT2D eigenvalue weighted by Gasteiger charge is 2.22. The number of carbonyl (C=O) groups excluding carboxylic acids is 2. The van der Waals surface area contributed by atoms with Gasteiger partial charge in [-0.3, -0.25) is 14.3 Å². The van der Waals surface area contributed by atoms with Gasteiger partial charge in [-0.2, -0.15) is 0 Å². The Bertz CT molecular complexity index is 1120. The van der Waals surface area contributed by atoms with Crippen LogP contribution in [0.4, 0.5) is 0 Å². The van der Waals surface area contributed by atoms with E-state index in [2.05, 4.69) is 16.4 Å². The van der Waals surface area contributed by atoms with Gasteiger partial charge in [-0.15, -0.1) is 16.4 Å². The first-order valence-electron chi connectivity index (χ1n) is 9.55. The summed E-state index contributed by atoms with van der Waals surface area (Å²) in [5, 5.41) is 8.94. The third-order valence-corrected chi connectivity index (χ3v) is 6.27. The van der Waals surface area contributed by atoms with Crippen LogP contribution in [0.5, 0.6) is 0 Å². The molecule has 156 valence electrons. The van der Waals surface area contributed by atoms with Crippen LogP contribution in [-0.2, 0) is 11.3 Å². The molecule has 0 saturated carbocycles. The molecule has 0 atom stereocenters. The molecule has 4 rings (SSSR count). The summed E-state index contributed by atoms with van der Waals surface area (Å²) in [7, 11) is 3.42. The third-order valence-electron chi connectivity index (χ3n) is 4.91. The van der Waals surface area contributed by atoms with Gasteiger partial charge in [0.2, 0.25) is 5.91 Å². The average molecular weight is 445 g/mol. The van der Waals surface area contributed by atoms with Crippen LogP contribution in [0.25, 0.3) is 15.8 Å². The van der Waals surface area contributed by atoms with E-state index in [1.165, 1.54) is 16.2 Å². The molecule has 1 aromatic carbocycles. The van der Waals surface area contributed by atoms with Crippen LogP contribution in [-0.4, -0.2) is 68.8 Å². The maximum atomic E-state index is 12.6. The predicted molar refractivity (Wildman–Crippen MR) is 116 cm³/mol. The molecule has 0 fully saturated rings. The quantitative estimate of drug-likeness (QED) is 0.604. The van der Waals surface area contributed by atoms with Crippen molar-refractivity contribution in [2.45, 2.75) is 19.4 Å². The lowest BCUT2D eigenvalue weighted by Crippen LogP contribution is -2.35. The normalized spacial score (nSPS) is 14.1. The molecular formula is C20H21ClN6O2S. The Morgan fingerprint density at radius 1 is 1.30 bits per heavy atom. The Kier molecular flexibility index (Phi) is 5.83. The van der Waals surface area contributed by atoms with E-state index in [1.807, 2.05) is 11.0 Å². The highest BCUT2D eigenvalue weighted by atomic mass is 35.5. The van der Waals surface area contributed by atoms with Gasteiger partial charge in [0.15, 0.2) is 0 Å². The molecule has 8 nitrogen and oxygen atoms in total. The average Bonchev–Trinajstić information content (AvgIpc) is 3.41. The first-order valence-corrected chi connectivity index (χ1v) is 10.7. The van der Waals surface area contributed by atoms with Crippen molar-refractivity contribution in [1.29, 1.82) is 0 Å². The molecule has 0 unspecified atom stereocenters. The zero-order chi connectivity index (χ0) is 21.3. The molecule has 0 saturated heterocycles. The molecule has 0 bridgehead atoms. The SMILES string of the molecule is CN(C)C(=O)c1cc(Cl)c2nc(C3=CCCN(C(=O)CCn4ccnn4)C3)sc2c1. The monoisotopic (exact) mass is 444 g/mol. The van der Waals surface area contributed by atoms with Crippen molar-refractivity contribution in [1.82, 2.24) is 29.8 Å². The van der Waals surface area contributed by atoms with Gasteiger partial charge in [0.05, 0.1) is 22.5 Å². The first kappa shape index (κ1) is 20.5.